The molecule has 1 aromatic heterocycles. The van der Waals surface area contributed by atoms with E-state index >= 15 is 0 Å². The minimum atomic E-state index is -4.41. The number of halogens is 3. The molecule has 19 heavy (non-hydrogen) atoms. The molecule has 0 amide bonds. The third-order valence-corrected chi connectivity index (χ3v) is 3.42. The van der Waals surface area contributed by atoms with Crippen LogP contribution in [-0.4, -0.2) is 9.78 Å². The van der Waals surface area contributed by atoms with Crippen LogP contribution in [-0.2, 0) is 12.7 Å². The molecule has 0 bridgehead atoms. The molecule has 1 aromatic carbocycles. The summed E-state index contributed by atoms with van der Waals surface area (Å²) >= 11 is 5.05. The molecule has 0 unspecified atom stereocenters. The molecular formula is C13H13F3N2S. The summed E-state index contributed by atoms with van der Waals surface area (Å²) in [4.78, 5) is 0. The summed E-state index contributed by atoms with van der Waals surface area (Å²) in [6, 6.07) is 7.59. The van der Waals surface area contributed by atoms with Crippen LogP contribution in [0.3, 0.4) is 0 Å². The number of hydrogen-bond donors (Lipinski definition) is 1. The second kappa shape index (κ2) is 4.85. The average molecular weight is 286 g/mol. The van der Waals surface area contributed by atoms with Crippen molar-refractivity contribution in [3.8, 4) is 0 Å². The smallest absolute Gasteiger partial charge is 0.292 e. The monoisotopic (exact) mass is 286 g/mol. The lowest BCUT2D eigenvalue weighted by Gasteiger charge is -2.06. The van der Waals surface area contributed by atoms with Crippen LogP contribution in [0.25, 0.3) is 0 Å². The maximum Gasteiger partial charge on any atom is 0.433 e. The van der Waals surface area contributed by atoms with Crippen molar-refractivity contribution in [2.24, 2.45) is 0 Å². The maximum absolute atomic E-state index is 12.8. The van der Waals surface area contributed by atoms with Crippen LogP contribution in [0, 0.1) is 18.5 Å². The van der Waals surface area contributed by atoms with Crippen LogP contribution in [0.5, 0.6) is 0 Å². The topological polar surface area (TPSA) is 20.7 Å². The van der Waals surface area contributed by atoms with Crippen molar-refractivity contribution in [1.29, 1.82) is 0 Å². The normalized spacial score (nSPS) is 11.8. The highest BCUT2D eigenvalue weighted by Crippen LogP contribution is 2.31. The second-order valence-electron chi connectivity index (χ2n) is 4.49. The molecule has 0 aliphatic rings. The van der Waals surface area contributed by atoms with Crippen LogP contribution < -0.4 is 0 Å². The van der Waals surface area contributed by atoms with Gasteiger partial charge in [0.15, 0.2) is 0 Å². The molecule has 2 nitrogen and oxygen atoms in total. The van der Waals surface area contributed by atoms with Crippen LogP contribution in [0.1, 0.15) is 22.4 Å². The first-order valence-corrected chi connectivity index (χ1v) is 6.12. The van der Waals surface area contributed by atoms with Gasteiger partial charge in [-0.25, -0.2) is 0 Å². The van der Waals surface area contributed by atoms with Gasteiger partial charge in [-0.15, -0.1) is 0 Å². The van der Waals surface area contributed by atoms with E-state index in [1.807, 2.05) is 31.2 Å². The highest BCUT2D eigenvalue weighted by Gasteiger charge is 2.35. The summed E-state index contributed by atoms with van der Waals surface area (Å²) in [5.41, 5.74) is 1.26. The lowest BCUT2D eigenvalue weighted by Crippen LogP contribution is -2.09. The Hall–Kier alpha value is -1.56. The van der Waals surface area contributed by atoms with Crippen molar-refractivity contribution >= 4 is 12.2 Å². The largest absolute Gasteiger partial charge is 0.433 e. The molecule has 2 rings (SSSR count). The Morgan fingerprint density at radius 3 is 2.47 bits per heavy atom. The van der Waals surface area contributed by atoms with E-state index in [2.05, 4.69) is 5.10 Å². The van der Waals surface area contributed by atoms with Gasteiger partial charge in [0.05, 0.1) is 6.54 Å². The molecule has 2 aromatic rings. The number of H-pyrrole nitrogens is 1. The Labute approximate surface area is 113 Å². The minimum absolute atomic E-state index is 0.0650. The van der Waals surface area contributed by atoms with E-state index in [0.29, 0.717) is 6.54 Å². The number of rotatable bonds is 2. The summed E-state index contributed by atoms with van der Waals surface area (Å²) in [6.45, 7) is 3.62. The van der Waals surface area contributed by atoms with Gasteiger partial charge in [-0.1, -0.05) is 42.0 Å². The standard InChI is InChI=1S/C13H13F3N2S/c1-8-4-3-5-10(6-8)7-18-12(19)9(2)11(17-18)13(14,15)16/h3-6,17H,7H2,1-2H3. The van der Waals surface area contributed by atoms with E-state index in [1.165, 1.54) is 11.6 Å². The maximum atomic E-state index is 12.8. The van der Waals surface area contributed by atoms with E-state index in [-0.39, 0.29) is 10.2 Å². The van der Waals surface area contributed by atoms with Crippen molar-refractivity contribution in [3.63, 3.8) is 0 Å². The van der Waals surface area contributed by atoms with Crippen molar-refractivity contribution < 1.29 is 13.2 Å². The predicted octanol–water partition coefficient (Wildman–Crippen LogP) is 4.23. The Balaban J connectivity index is 2.40. The molecule has 0 atom stereocenters. The van der Waals surface area contributed by atoms with Crippen LogP contribution in [0.4, 0.5) is 13.2 Å². The van der Waals surface area contributed by atoms with Gasteiger partial charge in [-0.3, -0.25) is 9.78 Å². The molecule has 0 fully saturated rings. The highest BCUT2D eigenvalue weighted by atomic mass is 32.1. The van der Waals surface area contributed by atoms with Gasteiger partial charge in [0.1, 0.15) is 10.3 Å². The van der Waals surface area contributed by atoms with Crippen LogP contribution in [0.2, 0.25) is 0 Å². The number of aromatic amines is 1. The molecule has 0 saturated carbocycles. The van der Waals surface area contributed by atoms with Crippen LogP contribution in [0.15, 0.2) is 24.3 Å². The van der Waals surface area contributed by atoms with Crippen LogP contribution >= 0.6 is 12.2 Å². The lowest BCUT2D eigenvalue weighted by atomic mass is 10.1. The van der Waals surface area contributed by atoms with E-state index in [9.17, 15) is 13.2 Å². The molecule has 0 radical (unpaired) electrons. The quantitative estimate of drug-likeness (QED) is 0.819. The number of alkyl halides is 3. The second-order valence-corrected chi connectivity index (χ2v) is 4.88. The zero-order valence-corrected chi connectivity index (χ0v) is 11.3. The van der Waals surface area contributed by atoms with Gasteiger partial charge in [-0.05, 0) is 19.4 Å². The fraction of sp³-hybridized carbons (Fsp3) is 0.308. The number of aryl methyl sites for hydroxylation is 1. The fourth-order valence-electron chi connectivity index (χ4n) is 1.96. The molecule has 0 aliphatic carbocycles. The molecule has 1 heterocycles. The zero-order valence-electron chi connectivity index (χ0n) is 10.5. The SMILES string of the molecule is Cc1cccc(Cn2[nH]c(C(F)(F)F)c(C)c2=S)c1. The summed E-state index contributed by atoms with van der Waals surface area (Å²) in [7, 11) is 0. The lowest BCUT2D eigenvalue weighted by molar-refractivity contribution is -0.141. The van der Waals surface area contributed by atoms with E-state index in [4.69, 9.17) is 12.2 Å². The number of aromatic nitrogens is 2. The van der Waals surface area contributed by atoms with Crippen molar-refractivity contribution in [3.05, 3.63) is 51.3 Å². The molecule has 0 aliphatic heterocycles. The first-order chi connectivity index (χ1) is 8.79. The Morgan fingerprint density at radius 1 is 1.26 bits per heavy atom. The first kappa shape index (κ1) is 13.9. The third kappa shape index (κ3) is 2.89. The Bertz CT molecular complexity index is 653. The molecular weight excluding hydrogens is 273 g/mol. The predicted molar refractivity (Wildman–Crippen MR) is 69.6 cm³/mol. The van der Waals surface area contributed by atoms with E-state index < -0.39 is 11.9 Å². The number of nitrogens with zero attached hydrogens (tertiary/aromatic N) is 1. The van der Waals surface area contributed by atoms with Crippen molar-refractivity contribution in [2.75, 3.05) is 0 Å². The minimum Gasteiger partial charge on any atom is -0.292 e. The van der Waals surface area contributed by atoms with E-state index in [1.54, 1.807) is 0 Å². The molecule has 6 heteroatoms. The molecule has 0 spiro atoms. The van der Waals surface area contributed by atoms with Gasteiger partial charge in [-0.2, -0.15) is 13.2 Å². The summed E-state index contributed by atoms with van der Waals surface area (Å²) < 4.78 is 39.8. The first-order valence-electron chi connectivity index (χ1n) is 5.71. The van der Waals surface area contributed by atoms with Gasteiger partial charge >= 0.3 is 6.18 Å². The van der Waals surface area contributed by atoms with Gasteiger partial charge in [0, 0.05) is 5.56 Å². The Kier molecular flexibility index (Phi) is 3.54. The summed E-state index contributed by atoms with van der Waals surface area (Å²) in [5.74, 6) is 0. The number of hydrogen-bond acceptors (Lipinski definition) is 1. The fourth-order valence-corrected chi connectivity index (χ4v) is 2.17. The number of benzene rings is 1. The van der Waals surface area contributed by atoms with Crippen molar-refractivity contribution in [1.82, 2.24) is 9.78 Å². The van der Waals surface area contributed by atoms with E-state index in [0.717, 1.165) is 11.1 Å². The summed E-state index contributed by atoms with van der Waals surface area (Å²) in [6.07, 6.45) is -4.41. The van der Waals surface area contributed by atoms with Gasteiger partial charge in [0.25, 0.3) is 0 Å². The zero-order chi connectivity index (χ0) is 14.2. The van der Waals surface area contributed by atoms with Gasteiger partial charge in [0.2, 0.25) is 0 Å². The van der Waals surface area contributed by atoms with Gasteiger partial charge < -0.3 is 0 Å². The third-order valence-electron chi connectivity index (χ3n) is 2.89. The Morgan fingerprint density at radius 2 is 1.95 bits per heavy atom. The average Bonchev–Trinajstić information content (AvgIpc) is 2.57. The summed E-state index contributed by atoms with van der Waals surface area (Å²) in [5, 5.41) is 2.35. The molecule has 1 N–H and O–H groups in total. The molecule has 0 saturated heterocycles. The number of nitrogens with one attached hydrogen (secondary N) is 1. The van der Waals surface area contributed by atoms with Crippen molar-refractivity contribution in [2.45, 2.75) is 26.6 Å². The highest BCUT2D eigenvalue weighted by molar-refractivity contribution is 7.71. The molecule has 102 valence electrons.